The maximum Gasteiger partial charge on any atom is 0.372 e. The van der Waals surface area contributed by atoms with Crippen molar-refractivity contribution in [1.29, 1.82) is 0 Å². The second-order valence-electron chi connectivity index (χ2n) is 2.70. The van der Waals surface area contributed by atoms with Gasteiger partial charge in [-0.05, 0) is 0 Å². The maximum absolute atomic E-state index is 12.7. The number of halogens is 1. The van der Waals surface area contributed by atoms with Gasteiger partial charge in [0.2, 0.25) is 0 Å². The molecule has 4 atom stereocenters. The molecule has 88 valence electrons. The molecule has 0 spiro atoms. The van der Waals surface area contributed by atoms with Crippen LogP contribution in [0.5, 0.6) is 0 Å². The summed E-state index contributed by atoms with van der Waals surface area (Å²) in [6, 6.07) is 0. The molecule has 0 radical (unpaired) electrons. The number of aliphatic hydroxyl groups excluding tert-OH is 3. The summed E-state index contributed by atoms with van der Waals surface area (Å²) < 4.78 is 12.7. The van der Waals surface area contributed by atoms with Gasteiger partial charge in [-0.2, -0.15) is 4.39 Å². The van der Waals surface area contributed by atoms with Crippen molar-refractivity contribution in [1.82, 2.24) is 0 Å². The first-order valence-electron chi connectivity index (χ1n) is 3.54. The standard InChI is InChI=1S/C6H9FO8/c7-6(15,5(13)14)3(10)1(8)2(9)4(11)12/h1-3,8-10,15H,(H,11,12)(H,13,14)/t1-,2+,3+,6-/m1/s1. The van der Waals surface area contributed by atoms with Gasteiger partial charge in [-0.3, -0.25) is 0 Å². The zero-order valence-electron chi connectivity index (χ0n) is 7.11. The molecule has 0 aromatic rings. The van der Waals surface area contributed by atoms with E-state index in [0.29, 0.717) is 0 Å². The SMILES string of the molecule is O=C(O)[C@@H](O)[C@@H](O)[C@H](O)[C@](O)(F)C(=O)O. The number of aliphatic carboxylic acids is 2. The average Bonchev–Trinajstić information content (AvgIpc) is 2.13. The summed E-state index contributed by atoms with van der Waals surface area (Å²) in [5.74, 6) is -8.79. The Labute approximate surface area is 81.8 Å². The van der Waals surface area contributed by atoms with E-state index in [-0.39, 0.29) is 0 Å². The lowest BCUT2D eigenvalue weighted by atomic mass is 10.0. The quantitative estimate of drug-likeness (QED) is 0.289. The van der Waals surface area contributed by atoms with Crippen LogP contribution in [-0.2, 0) is 9.59 Å². The molecule has 15 heavy (non-hydrogen) atoms. The van der Waals surface area contributed by atoms with Crippen LogP contribution in [0.15, 0.2) is 0 Å². The Kier molecular flexibility index (Phi) is 4.10. The fourth-order valence-corrected chi connectivity index (χ4v) is 0.672. The highest BCUT2D eigenvalue weighted by Crippen LogP contribution is 2.18. The molecule has 0 rings (SSSR count). The number of hydrogen-bond donors (Lipinski definition) is 6. The molecule has 0 heterocycles. The molecule has 0 unspecified atom stereocenters. The number of alkyl halides is 1. The summed E-state index contributed by atoms with van der Waals surface area (Å²) in [6.07, 6.45) is -8.31. The first-order chi connectivity index (χ1) is 6.62. The summed E-state index contributed by atoms with van der Waals surface area (Å²) in [4.78, 5) is 20.1. The predicted octanol–water partition coefficient (Wildman–Crippen LogP) is -3.10. The summed E-state index contributed by atoms with van der Waals surface area (Å²) in [5.41, 5.74) is 0. The third kappa shape index (κ3) is 2.83. The number of carbonyl (C=O) groups is 2. The molecule has 0 bridgehead atoms. The molecule has 8 nitrogen and oxygen atoms in total. The average molecular weight is 228 g/mol. The van der Waals surface area contributed by atoms with Crippen LogP contribution in [0.25, 0.3) is 0 Å². The van der Waals surface area contributed by atoms with Crippen molar-refractivity contribution in [3.05, 3.63) is 0 Å². The van der Waals surface area contributed by atoms with E-state index in [1.54, 1.807) is 0 Å². The molecular weight excluding hydrogens is 219 g/mol. The van der Waals surface area contributed by atoms with E-state index in [9.17, 15) is 14.0 Å². The van der Waals surface area contributed by atoms with Gasteiger partial charge in [0.25, 0.3) is 0 Å². The van der Waals surface area contributed by atoms with Gasteiger partial charge >= 0.3 is 17.8 Å². The first-order valence-corrected chi connectivity index (χ1v) is 3.54. The Morgan fingerprint density at radius 1 is 1.13 bits per heavy atom. The smallest absolute Gasteiger partial charge is 0.372 e. The Balaban J connectivity index is 4.78. The lowest BCUT2D eigenvalue weighted by Gasteiger charge is -2.26. The molecule has 0 aliphatic rings. The molecule has 0 amide bonds. The molecule has 0 aliphatic carbocycles. The molecule has 0 saturated heterocycles. The summed E-state index contributed by atoms with van der Waals surface area (Å²) >= 11 is 0. The van der Waals surface area contributed by atoms with Crippen molar-refractivity contribution < 1.29 is 44.6 Å². The number of carboxylic acid groups (broad SMARTS) is 2. The zero-order valence-corrected chi connectivity index (χ0v) is 7.11. The van der Waals surface area contributed by atoms with Crippen LogP contribution >= 0.6 is 0 Å². The van der Waals surface area contributed by atoms with Gasteiger partial charge in [-0.15, -0.1) is 0 Å². The highest BCUT2D eigenvalue weighted by Gasteiger charge is 2.50. The second-order valence-corrected chi connectivity index (χ2v) is 2.70. The van der Waals surface area contributed by atoms with Gasteiger partial charge in [-0.1, -0.05) is 0 Å². The molecule has 6 N–H and O–H groups in total. The van der Waals surface area contributed by atoms with Crippen molar-refractivity contribution in [2.24, 2.45) is 0 Å². The minimum atomic E-state index is -4.25. The third-order valence-corrected chi connectivity index (χ3v) is 1.59. The van der Waals surface area contributed by atoms with E-state index >= 15 is 0 Å². The topological polar surface area (TPSA) is 156 Å². The van der Waals surface area contributed by atoms with Crippen LogP contribution in [0.3, 0.4) is 0 Å². The monoisotopic (exact) mass is 228 g/mol. The van der Waals surface area contributed by atoms with E-state index in [2.05, 4.69) is 0 Å². The Hall–Kier alpha value is -1.29. The lowest BCUT2D eigenvalue weighted by Crippen LogP contribution is -2.56. The normalized spacial score (nSPS) is 21.1. The van der Waals surface area contributed by atoms with Gasteiger partial charge in [-0.25, -0.2) is 9.59 Å². The van der Waals surface area contributed by atoms with E-state index in [4.69, 9.17) is 30.6 Å². The van der Waals surface area contributed by atoms with E-state index in [1.807, 2.05) is 0 Å². The van der Waals surface area contributed by atoms with Crippen LogP contribution in [0.4, 0.5) is 4.39 Å². The van der Waals surface area contributed by atoms with Crippen molar-refractivity contribution >= 4 is 11.9 Å². The van der Waals surface area contributed by atoms with Gasteiger partial charge in [0.05, 0.1) is 0 Å². The Morgan fingerprint density at radius 2 is 1.53 bits per heavy atom. The summed E-state index contributed by atoms with van der Waals surface area (Å²) in [6.45, 7) is 0. The lowest BCUT2D eigenvalue weighted by molar-refractivity contribution is -0.228. The molecule has 0 fully saturated rings. The fourth-order valence-electron chi connectivity index (χ4n) is 0.672. The highest BCUT2D eigenvalue weighted by molar-refractivity contribution is 5.77. The number of hydrogen-bond acceptors (Lipinski definition) is 6. The minimum Gasteiger partial charge on any atom is -0.479 e. The second kappa shape index (κ2) is 4.49. The molecule has 9 heteroatoms. The zero-order chi connectivity index (χ0) is 12.4. The van der Waals surface area contributed by atoms with Crippen LogP contribution in [0.2, 0.25) is 0 Å². The van der Waals surface area contributed by atoms with Crippen LogP contribution in [-0.4, -0.2) is 66.7 Å². The van der Waals surface area contributed by atoms with Crippen molar-refractivity contribution in [2.75, 3.05) is 0 Å². The largest absolute Gasteiger partial charge is 0.479 e. The number of carboxylic acids is 2. The number of aliphatic hydroxyl groups is 4. The summed E-state index contributed by atoms with van der Waals surface area (Å²) in [5, 5.41) is 50.9. The fraction of sp³-hybridized carbons (Fsp3) is 0.667. The number of rotatable bonds is 5. The molecule has 0 aliphatic heterocycles. The van der Waals surface area contributed by atoms with E-state index in [0.717, 1.165) is 0 Å². The van der Waals surface area contributed by atoms with Crippen molar-refractivity contribution in [3.8, 4) is 0 Å². The van der Waals surface area contributed by atoms with Gasteiger partial charge < -0.3 is 30.6 Å². The van der Waals surface area contributed by atoms with E-state index in [1.165, 1.54) is 0 Å². The predicted molar refractivity (Wildman–Crippen MR) is 39.3 cm³/mol. The molecular formula is C6H9FO8. The highest BCUT2D eigenvalue weighted by atomic mass is 19.2. The Morgan fingerprint density at radius 3 is 1.80 bits per heavy atom. The Bertz CT molecular complexity index is 264. The van der Waals surface area contributed by atoms with Crippen LogP contribution in [0, 0.1) is 0 Å². The van der Waals surface area contributed by atoms with Gasteiger partial charge in [0, 0.05) is 0 Å². The van der Waals surface area contributed by atoms with Gasteiger partial charge in [0.15, 0.2) is 12.2 Å². The molecule has 0 aromatic carbocycles. The molecule has 0 aromatic heterocycles. The van der Waals surface area contributed by atoms with Gasteiger partial charge in [0.1, 0.15) is 6.10 Å². The first kappa shape index (κ1) is 13.7. The minimum absolute atomic E-state index is 2.01. The third-order valence-electron chi connectivity index (χ3n) is 1.59. The maximum atomic E-state index is 12.7. The van der Waals surface area contributed by atoms with Crippen LogP contribution in [0.1, 0.15) is 0 Å². The molecule has 0 saturated carbocycles. The summed E-state index contributed by atoms with van der Waals surface area (Å²) in [7, 11) is 0. The van der Waals surface area contributed by atoms with Crippen molar-refractivity contribution in [2.45, 2.75) is 24.2 Å². The van der Waals surface area contributed by atoms with Crippen molar-refractivity contribution in [3.63, 3.8) is 0 Å². The van der Waals surface area contributed by atoms with E-state index < -0.39 is 36.1 Å². The van der Waals surface area contributed by atoms with Crippen LogP contribution < -0.4 is 0 Å².